The lowest BCUT2D eigenvalue weighted by Gasteiger charge is -2.16. The molecule has 4 aromatic rings. The molecule has 3 aromatic carbocycles. The summed E-state index contributed by atoms with van der Waals surface area (Å²) in [7, 11) is -1.93. The monoisotopic (exact) mass is 463 g/mol. The fourth-order valence-electron chi connectivity index (χ4n) is 3.51. The van der Waals surface area contributed by atoms with Crippen LogP contribution in [-0.2, 0) is 10.0 Å². The summed E-state index contributed by atoms with van der Waals surface area (Å²) in [6.07, 6.45) is 1.79. The van der Waals surface area contributed by atoms with E-state index in [1.54, 1.807) is 30.5 Å². The average molecular weight is 464 g/mol. The molecule has 0 bridgehead atoms. The highest BCUT2D eigenvalue weighted by Crippen LogP contribution is 2.32. The lowest BCUT2D eigenvalue weighted by Crippen LogP contribution is -2.29. The Labute approximate surface area is 190 Å². The summed E-state index contributed by atoms with van der Waals surface area (Å²) in [6.45, 7) is 0. The number of rotatable bonds is 6. The summed E-state index contributed by atoms with van der Waals surface area (Å²) in [5, 5.41) is 3.78. The number of para-hydroxylation sites is 1. The molecule has 32 heavy (non-hydrogen) atoms. The van der Waals surface area contributed by atoms with Crippen LogP contribution in [0.25, 0.3) is 20.8 Å². The van der Waals surface area contributed by atoms with Gasteiger partial charge in [-0.2, -0.15) is 4.31 Å². The van der Waals surface area contributed by atoms with Crippen molar-refractivity contribution in [3.05, 3.63) is 78.4 Å². The number of carbonyl (C=O) groups excluding carboxylic acids is 1. The number of nitrogens with one attached hydrogen (secondary N) is 1. The molecule has 162 valence electrons. The van der Waals surface area contributed by atoms with E-state index in [1.165, 1.54) is 16.4 Å². The molecule has 0 unspecified atom stereocenters. The number of hydrogen-bond acceptors (Lipinski definition) is 5. The number of amides is 1. The first-order chi connectivity index (χ1) is 15.4. The molecule has 1 N–H and O–H groups in total. The topological polar surface area (TPSA) is 79.4 Å². The molecule has 1 saturated carbocycles. The Morgan fingerprint density at radius 1 is 1.03 bits per heavy atom. The SMILES string of the molecule is CN(C1CC1)S(=O)(=O)c1ccc(C(=O)Nc2cccc(-c3nc4ccccc4s3)c2)cc1. The molecule has 1 aliphatic rings. The van der Waals surface area contributed by atoms with Gasteiger partial charge in [0.05, 0.1) is 15.1 Å². The lowest BCUT2D eigenvalue weighted by atomic mass is 10.2. The van der Waals surface area contributed by atoms with E-state index < -0.39 is 10.0 Å². The van der Waals surface area contributed by atoms with Crippen molar-refractivity contribution in [2.24, 2.45) is 0 Å². The molecular weight excluding hydrogens is 442 g/mol. The van der Waals surface area contributed by atoms with Crippen LogP contribution in [0.15, 0.2) is 77.7 Å². The first-order valence-electron chi connectivity index (χ1n) is 10.3. The fourth-order valence-corrected chi connectivity index (χ4v) is 5.89. The normalized spacial score (nSPS) is 14.1. The van der Waals surface area contributed by atoms with Crippen LogP contribution < -0.4 is 5.32 Å². The Morgan fingerprint density at radius 2 is 1.78 bits per heavy atom. The zero-order valence-corrected chi connectivity index (χ0v) is 19.0. The standard InChI is InChI=1S/C24H21N3O3S2/c1-27(19-11-12-19)32(29,30)20-13-9-16(10-14-20)23(28)25-18-6-4-5-17(15-18)24-26-21-7-2-3-8-22(21)31-24/h2-10,13-15,19H,11-12H2,1H3,(H,25,28). The molecule has 1 fully saturated rings. The number of aromatic nitrogens is 1. The maximum Gasteiger partial charge on any atom is 0.255 e. The van der Waals surface area contributed by atoms with Crippen molar-refractivity contribution >= 4 is 43.2 Å². The van der Waals surface area contributed by atoms with E-state index in [1.807, 2.05) is 48.5 Å². The highest BCUT2D eigenvalue weighted by atomic mass is 32.2. The van der Waals surface area contributed by atoms with Gasteiger partial charge < -0.3 is 5.32 Å². The van der Waals surface area contributed by atoms with E-state index in [-0.39, 0.29) is 16.8 Å². The number of anilines is 1. The summed E-state index contributed by atoms with van der Waals surface area (Å²) in [6, 6.07) is 21.7. The first kappa shape index (κ1) is 20.8. The van der Waals surface area contributed by atoms with E-state index in [0.717, 1.165) is 33.6 Å². The van der Waals surface area contributed by atoms with Crippen LogP contribution >= 0.6 is 11.3 Å². The molecule has 1 aromatic heterocycles. The van der Waals surface area contributed by atoms with Crippen molar-refractivity contribution in [1.29, 1.82) is 0 Å². The smallest absolute Gasteiger partial charge is 0.255 e. The number of nitrogens with zero attached hydrogens (tertiary/aromatic N) is 2. The second kappa shape index (κ2) is 8.12. The summed E-state index contributed by atoms with van der Waals surface area (Å²) in [4.78, 5) is 17.6. The Hall–Kier alpha value is -3.07. The summed E-state index contributed by atoms with van der Waals surface area (Å²) in [5.74, 6) is -0.300. The summed E-state index contributed by atoms with van der Waals surface area (Å²) < 4.78 is 27.8. The van der Waals surface area contributed by atoms with Gasteiger partial charge in [-0.05, 0) is 61.4 Å². The minimum Gasteiger partial charge on any atom is -0.322 e. The minimum absolute atomic E-state index is 0.0886. The summed E-state index contributed by atoms with van der Waals surface area (Å²) in [5.41, 5.74) is 2.92. The van der Waals surface area contributed by atoms with Gasteiger partial charge in [0, 0.05) is 29.9 Å². The van der Waals surface area contributed by atoms with E-state index in [9.17, 15) is 13.2 Å². The molecule has 0 radical (unpaired) electrons. The molecular formula is C24H21N3O3S2. The Kier molecular flexibility index (Phi) is 5.28. The van der Waals surface area contributed by atoms with Crippen molar-refractivity contribution in [3.8, 4) is 10.6 Å². The predicted octanol–water partition coefficient (Wildman–Crippen LogP) is 5.00. The number of fused-ring (bicyclic) bond motifs is 1. The number of hydrogen-bond donors (Lipinski definition) is 1. The van der Waals surface area contributed by atoms with Crippen molar-refractivity contribution < 1.29 is 13.2 Å². The maximum atomic E-state index is 12.7. The first-order valence-corrected chi connectivity index (χ1v) is 12.5. The third-order valence-electron chi connectivity index (χ3n) is 5.52. The number of benzene rings is 3. The molecule has 6 nitrogen and oxygen atoms in total. The van der Waals surface area contributed by atoms with Crippen LogP contribution in [0, 0.1) is 0 Å². The largest absolute Gasteiger partial charge is 0.322 e. The van der Waals surface area contributed by atoms with Gasteiger partial charge in [-0.15, -0.1) is 11.3 Å². The molecule has 1 heterocycles. The van der Waals surface area contributed by atoms with E-state index >= 15 is 0 Å². The molecule has 1 amide bonds. The van der Waals surface area contributed by atoms with Crippen LogP contribution in [0.1, 0.15) is 23.2 Å². The van der Waals surface area contributed by atoms with Crippen LogP contribution in [0.3, 0.4) is 0 Å². The highest BCUT2D eigenvalue weighted by molar-refractivity contribution is 7.89. The Bertz CT molecular complexity index is 1370. The molecule has 8 heteroatoms. The second-order valence-electron chi connectivity index (χ2n) is 7.80. The van der Waals surface area contributed by atoms with E-state index in [4.69, 9.17) is 0 Å². The zero-order valence-electron chi connectivity index (χ0n) is 17.4. The van der Waals surface area contributed by atoms with Crippen LogP contribution in [0.4, 0.5) is 5.69 Å². The second-order valence-corrected chi connectivity index (χ2v) is 10.8. The number of thiazole rings is 1. The van der Waals surface area contributed by atoms with Gasteiger partial charge in [0.25, 0.3) is 5.91 Å². The van der Waals surface area contributed by atoms with Crippen LogP contribution in [-0.4, -0.2) is 36.7 Å². The van der Waals surface area contributed by atoms with Crippen LogP contribution in [0.5, 0.6) is 0 Å². The van der Waals surface area contributed by atoms with Crippen molar-refractivity contribution in [1.82, 2.24) is 9.29 Å². The Balaban J connectivity index is 1.33. The molecule has 1 aliphatic carbocycles. The third-order valence-corrected chi connectivity index (χ3v) is 8.53. The zero-order chi connectivity index (χ0) is 22.3. The molecule has 0 saturated heterocycles. The molecule has 5 rings (SSSR count). The van der Waals surface area contributed by atoms with Crippen molar-refractivity contribution in [3.63, 3.8) is 0 Å². The predicted molar refractivity (Wildman–Crippen MR) is 127 cm³/mol. The lowest BCUT2D eigenvalue weighted by molar-refractivity contribution is 0.102. The number of sulfonamides is 1. The fraction of sp³-hybridized carbons (Fsp3) is 0.167. The molecule has 0 spiro atoms. The van der Waals surface area contributed by atoms with Gasteiger partial charge in [0.15, 0.2) is 0 Å². The Morgan fingerprint density at radius 3 is 2.50 bits per heavy atom. The van der Waals surface area contributed by atoms with Gasteiger partial charge in [0.1, 0.15) is 5.01 Å². The quantitative estimate of drug-likeness (QED) is 0.436. The average Bonchev–Trinajstić information content (AvgIpc) is 3.56. The minimum atomic E-state index is -3.53. The van der Waals surface area contributed by atoms with Crippen molar-refractivity contribution in [2.45, 2.75) is 23.8 Å². The summed E-state index contributed by atoms with van der Waals surface area (Å²) >= 11 is 1.60. The van der Waals surface area contributed by atoms with Gasteiger partial charge in [-0.25, -0.2) is 13.4 Å². The van der Waals surface area contributed by atoms with Gasteiger partial charge in [0.2, 0.25) is 10.0 Å². The van der Waals surface area contributed by atoms with Gasteiger partial charge in [-0.3, -0.25) is 4.79 Å². The van der Waals surface area contributed by atoms with Crippen molar-refractivity contribution in [2.75, 3.05) is 12.4 Å². The number of carbonyl (C=O) groups is 1. The van der Waals surface area contributed by atoms with E-state index in [2.05, 4.69) is 10.3 Å². The van der Waals surface area contributed by atoms with Gasteiger partial charge in [-0.1, -0.05) is 24.3 Å². The third kappa shape index (κ3) is 4.04. The van der Waals surface area contributed by atoms with E-state index in [0.29, 0.717) is 11.3 Å². The molecule has 0 atom stereocenters. The maximum absolute atomic E-state index is 12.7. The van der Waals surface area contributed by atoms with Crippen LogP contribution in [0.2, 0.25) is 0 Å². The van der Waals surface area contributed by atoms with Gasteiger partial charge >= 0.3 is 0 Å². The molecule has 0 aliphatic heterocycles. The highest BCUT2D eigenvalue weighted by Gasteiger charge is 2.35.